The summed E-state index contributed by atoms with van der Waals surface area (Å²) < 4.78 is 9.55. The fourth-order valence-corrected chi connectivity index (χ4v) is 4.69. The van der Waals surface area contributed by atoms with Crippen LogP contribution in [0.1, 0.15) is 59.6 Å². The predicted octanol–water partition coefficient (Wildman–Crippen LogP) is 6.05. The van der Waals surface area contributed by atoms with Gasteiger partial charge in [0, 0.05) is 19.2 Å². The molecule has 3 aromatic carbocycles. The van der Waals surface area contributed by atoms with Crippen LogP contribution in [0.15, 0.2) is 91.3 Å². The van der Waals surface area contributed by atoms with Gasteiger partial charge in [-0.3, -0.25) is 4.68 Å². The third-order valence-electron chi connectivity index (χ3n) is 6.59. The van der Waals surface area contributed by atoms with E-state index in [9.17, 15) is 9.90 Å². The van der Waals surface area contributed by atoms with Gasteiger partial charge in [-0.2, -0.15) is 5.10 Å². The summed E-state index contributed by atoms with van der Waals surface area (Å²) >= 11 is 0. The standard InChI is InChI=1S/C30H29N5O3/c1-4-26(28-19-34(3)33-32-28)29-27(30(36)37)18-31-35(29)24-14-8-12-22(16-24)23-13-9-15-25(17-23)38-20(2)21-10-6-5-7-11-21/h5-20,26H,4H2,1-3H3,(H,36,37). The number of ether oxygens (including phenoxy) is 1. The Morgan fingerprint density at radius 3 is 2.42 bits per heavy atom. The highest BCUT2D eigenvalue weighted by molar-refractivity contribution is 5.89. The average molecular weight is 508 g/mol. The fourth-order valence-electron chi connectivity index (χ4n) is 4.69. The number of carboxylic acids is 1. The molecule has 0 saturated heterocycles. The lowest BCUT2D eigenvalue weighted by atomic mass is 9.95. The number of rotatable bonds is 9. The van der Waals surface area contributed by atoms with Crippen molar-refractivity contribution in [1.29, 1.82) is 0 Å². The Labute approximate surface area is 221 Å². The van der Waals surface area contributed by atoms with E-state index in [-0.39, 0.29) is 17.6 Å². The van der Waals surface area contributed by atoms with Gasteiger partial charge in [0.1, 0.15) is 17.4 Å². The Kier molecular flexibility index (Phi) is 7.04. The molecule has 0 amide bonds. The highest BCUT2D eigenvalue weighted by Gasteiger charge is 2.27. The van der Waals surface area contributed by atoms with E-state index < -0.39 is 5.97 Å². The first kappa shape index (κ1) is 25.0. The number of hydrogen-bond donors (Lipinski definition) is 1. The first-order chi connectivity index (χ1) is 18.4. The zero-order chi connectivity index (χ0) is 26.6. The second-order valence-electron chi connectivity index (χ2n) is 9.19. The average Bonchev–Trinajstić information content (AvgIpc) is 3.57. The van der Waals surface area contributed by atoms with Crippen LogP contribution in [-0.2, 0) is 7.05 Å². The SMILES string of the molecule is CCC(c1cn(C)nn1)c1c(C(=O)O)cnn1-c1cccc(-c2cccc(OC(C)c3ccccc3)c2)c1. The molecule has 2 unspecified atom stereocenters. The van der Waals surface area contributed by atoms with Crippen LogP contribution >= 0.6 is 0 Å². The summed E-state index contributed by atoms with van der Waals surface area (Å²) in [6, 6.07) is 26.0. The van der Waals surface area contributed by atoms with E-state index in [0.717, 1.165) is 28.1 Å². The molecule has 0 aliphatic carbocycles. The van der Waals surface area contributed by atoms with Crippen molar-refractivity contribution in [2.75, 3.05) is 0 Å². The molecule has 5 aromatic rings. The Bertz CT molecular complexity index is 1560. The smallest absolute Gasteiger partial charge is 0.339 e. The van der Waals surface area contributed by atoms with Crippen molar-refractivity contribution in [2.24, 2.45) is 7.05 Å². The van der Waals surface area contributed by atoms with Crippen molar-refractivity contribution in [3.8, 4) is 22.6 Å². The molecule has 0 bridgehead atoms. The molecule has 8 heteroatoms. The summed E-state index contributed by atoms with van der Waals surface area (Å²) in [6.07, 6.45) is 3.77. The number of aromatic carboxylic acids is 1. The van der Waals surface area contributed by atoms with Crippen LogP contribution in [0, 0.1) is 0 Å². The summed E-state index contributed by atoms with van der Waals surface area (Å²) in [4.78, 5) is 12.1. The monoisotopic (exact) mass is 507 g/mol. The number of benzene rings is 3. The van der Waals surface area contributed by atoms with Gasteiger partial charge in [0.2, 0.25) is 0 Å². The Morgan fingerprint density at radius 2 is 1.74 bits per heavy atom. The highest BCUT2D eigenvalue weighted by atomic mass is 16.5. The van der Waals surface area contributed by atoms with Gasteiger partial charge in [0.15, 0.2) is 0 Å². The van der Waals surface area contributed by atoms with E-state index >= 15 is 0 Å². The van der Waals surface area contributed by atoms with Gasteiger partial charge < -0.3 is 9.84 Å². The van der Waals surface area contributed by atoms with Gasteiger partial charge in [-0.25, -0.2) is 9.48 Å². The molecule has 2 aromatic heterocycles. The summed E-state index contributed by atoms with van der Waals surface area (Å²) in [5.41, 5.74) is 5.24. The second-order valence-corrected chi connectivity index (χ2v) is 9.19. The third-order valence-corrected chi connectivity index (χ3v) is 6.59. The molecule has 0 radical (unpaired) electrons. The highest BCUT2D eigenvalue weighted by Crippen LogP contribution is 2.33. The minimum Gasteiger partial charge on any atom is -0.486 e. The van der Waals surface area contributed by atoms with Crippen LogP contribution in [0.3, 0.4) is 0 Å². The largest absolute Gasteiger partial charge is 0.486 e. The van der Waals surface area contributed by atoms with Crippen LogP contribution in [-0.4, -0.2) is 35.9 Å². The number of aromatic nitrogens is 5. The lowest BCUT2D eigenvalue weighted by Gasteiger charge is -2.17. The molecule has 2 heterocycles. The first-order valence-corrected chi connectivity index (χ1v) is 12.5. The molecule has 0 fully saturated rings. The molecule has 8 nitrogen and oxygen atoms in total. The maximum absolute atomic E-state index is 12.1. The zero-order valence-electron chi connectivity index (χ0n) is 21.5. The number of aryl methyl sites for hydroxylation is 1. The van der Waals surface area contributed by atoms with Gasteiger partial charge in [-0.05, 0) is 54.3 Å². The van der Waals surface area contributed by atoms with E-state index in [2.05, 4.69) is 27.5 Å². The van der Waals surface area contributed by atoms with Gasteiger partial charge in [-0.1, -0.05) is 66.7 Å². The van der Waals surface area contributed by atoms with Gasteiger partial charge in [-0.15, -0.1) is 5.10 Å². The van der Waals surface area contributed by atoms with Crippen LogP contribution in [0.5, 0.6) is 5.75 Å². The molecule has 192 valence electrons. The predicted molar refractivity (Wildman–Crippen MR) is 145 cm³/mol. The maximum atomic E-state index is 12.1. The van der Waals surface area contributed by atoms with Gasteiger partial charge in [0.05, 0.1) is 23.3 Å². The molecule has 0 aliphatic rings. The minimum atomic E-state index is -1.03. The molecule has 5 rings (SSSR count). The van der Waals surface area contributed by atoms with Crippen molar-refractivity contribution in [3.63, 3.8) is 0 Å². The molecule has 0 spiro atoms. The van der Waals surface area contributed by atoms with Gasteiger partial charge >= 0.3 is 5.97 Å². The molecular formula is C30H29N5O3. The molecule has 1 N–H and O–H groups in total. The van der Waals surface area contributed by atoms with Crippen LogP contribution in [0.25, 0.3) is 16.8 Å². The van der Waals surface area contributed by atoms with Crippen molar-refractivity contribution in [1.82, 2.24) is 24.8 Å². The number of carboxylic acid groups (broad SMARTS) is 1. The quantitative estimate of drug-likeness (QED) is 0.261. The molecule has 2 atom stereocenters. The normalized spacial score (nSPS) is 12.7. The van der Waals surface area contributed by atoms with Crippen molar-refractivity contribution < 1.29 is 14.6 Å². The third kappa shape index (κ3) is 5.06. The first-order valence-electron chi connectivity index (χ1n) is 12.5. The number of hydrogen-bond acceptors (Lipinski definition) is 5. The van der Waals surface area contributed by atoms with E-state index in [4.69, 9.17) is 4.74 Å². The molecular weight excluding hydrogens is 478 g/mol. The zero-order valence-corrected chi connectivity index (χ0v) is 21.5. The summed E-state index contributed by atoms with van der Waals surface area (Å²) in [7, 11) is 1.79. The molecule has 0 aliphatic heterocycles. The van der Waals surface area contributed by atoms with Crippen molar-refractivity contribution >= 4 is 5.97 Å². The van der Waals surface area contributed by atoms with Crippen molar-refractivity contribution in [3.05, 3.63) is 114 Å². The lowest BCUT2D eigenvalue weighted by Crippen LogP contribution is -2.13. The molecule has 38 heavy (non-hydrogen) atoms. The second kappa shape index (κ2) is 10.7. The number of carbonyl (C=O) groups is 1. The lowest BCUT2D eigenvalue weighted by molar-refractivity contribution is 0.0695. The van der Waals surface area contributed by atoms with E-state index in [1.54, 1.807) is 16.4 Å². The number of nitrogens with zero attached hydrogens (tertiary/aromatic N) is 5. The Hall–Kier alpha value is -4.72. The van der Waals surface area contributed by atoms with Crippen LogP contribution in [0.2, 0.25) is 0 Å². The minimum absolute atomic E-state index is 0.0917. The van der Waals surface area contributed by atoms with Gasteiger partial charge in [0.25, 0.3) is 0 Å². The van der Waals surface area contributed by atoms with E-state index in [1.165, 1.54) is 6.20 Å². The summed E-state index contributed by atoms with van der Waals surface area (Å²) in [6.45, 7) is 4.03. The topological polar surface area (TPSA) is 95.1 Å². The summed E-state index contributed by atoms with van der Waals surface area (Å²) in [5.74, 6) is -0.537. The molecule has 0 saturated carbocycles. The Balaban J connectivity index is 1.50. The van der Waals surface area contributed by atoms with Crippen LogP contribution in [0.4, 0.5) is 0 Å². The summed E-state index contributed by atoms with van der Waals surface area (Å²) in [5, 5.41) is 22.7. The van der Waals surface area contributed by atoms with Crippen LogP contribution < -0.4 is 4.74 Å². The van der Waals surface area contributed by atoms with E-state index in [0.29, 0.717) is 17.8 Å². The van der Waals surface area contributed by atoms with E-state index in [1.807, 2.05) is 86.8 Å². The fraction of sp³-hybridized carbons (Fsp3) is 0.200. The van der Waals surface area contributed by atoms with Crippen molar-refractivity contribution in [2.45, 2.75) is 32.3 Å². The Morgan fingerprint density at radius 1 is 1.00 bits per heavy atom. The maximum Gasteiger partial charge on any atom is 0.339 e.